The van der Waals surface area contributed by atoms with Crippen LogP contribution in [-0.4, -0.2) is 28.6 Å². The maximum Gasteiger partial charge on any atom is 0.419 e. The number of nitrogens with zero attached hydrogens (tertiary/aromatic N) is 2. The number of fused-ring (bicyclic) bond motifs is 1. The zero-order valence-electron chi connectivity index (χ0n) is 11.9. The Morgan fingerprint density at radius 2 is 1.95 bits per heavy atom. The molecule has 1 amide bonds. The number of hydrazine groups is 1. The summed E-state index contributed by atoms with van der Waals surface area (Å²) in [7, 11) is 0. The van der Waals surface area contributed by atoms with Crippen LogP contribution in [0.15, 0.2) is 33.5 Å². The minimum absolute atomic E-state index is 0.0610. The van der Waals surface area contributed by atoms with Crippen LogP contribution in [0, 0.1) is 0 Å². The lowest BCUT2D eigenvalue weighted by Gasteiger charge is -2.26. The van der Waals surface area contributed by atoms with Crippen LogP contribution in [0.2, 0.25) is 0 Å². The molecule has 1 aromatic carbocycles. The molecule has 1 aliphatic heterocycles. The van der Waals surface area contributed by atoms with Gasteiger partial charge < -0.3 is 4.42 Å². The Morgan fingerprint density at radius 1 is 1.19 bits per heavy atom. The van der Waals surface area contributed by atoms with Gasteiger partial charge in [-0.1, -0.05) is 18.6 Å². The molecule has 2 aromatic rings. The summed E-state index contributed by atoms with van der Waals surface area (Å²) in [6.45, 7) is 2.14. The summed E-state index contributed by atoms with van der Waals surface area (Å²) in [5, 5.41) is 1.96. The number of para-hydroxylation sites is 2. The number of rotatable bonds is 4. The van der Waals surface area contributed by atoms with E-state index in [0.717, 1.165) is 31.4 Å². The van der Waals surface area contributed by atoms with Crippen molar-refractivity contribution in [1.82, 2.24) is 15.0 Å². The van der Waals surface area contributed by atoms with Crippen LogP contribution in [0.25, 0.3) is 11.1 Å². The van der Waals surface area contributed by atoms with Gasteiger partial charge in [-0.3, -0.25) is 14.8 Å². The number of nitrogens with one attached hydrogen (secondary N) is 1. The van der Waals surface area contributed by atoms with E-state index in [1.165, 1.54) is 11.0 Å². The fourth-order valence-corrected chi connectivity index (χ4v) is 2.68. The van der Waals surface area contributed by atoms with Crippen LogP contribution < -0.4 is 11.2 Å². The summed E-state index contributed by atoms with van der Waals surface area (Å²) in [4.78, 5) is 23.8. The van der Waals surface area contributed by atoms with Crippen molar-refractivity contribution in [3.05, 3.63) is 34.8 Å². The van der Waals surface area contributed by atoms with Crippen LogP contribution in [0.1, 0.15) is 25.7 Å². The molecular formula is C15H19N3O3. The third-order valence-electron chi connectivity index (χ3n) is 3.78. The van der Waals surface area contributed by atoms with Gasteiger partial charge in [0, 0.05) is 26.1 Å². The van der Waals surface area contributed by atoms with Crippen molar-refractivity contribution in [2.75, 3.05) is 13.1 Å². The SMILES string of the molecule is O=C(CCn1c(=O)oc2ccccc21)NN1CCCCC1. The number of amides is 1. The minimum atomic E-state index is -0.415. The first kappa shape index (κ1) is 13.9. The molecule has 0 saturated carbocycles. The molecule has 0 radical (unpaired) electrons. The summed E-state index contributed by atoms with van der Waals surface area (Å²) in [6, 6.07) is 7.24. The fourth-order valence-electron chi connectivity index (χ4n) is 2.68. The van der Waals surface area contributed by atoms with Gasteiger partial charge in [0.1, 0.15) is 0 Å². The van der Waals surface area contributed by atoms with Gasteiger partial charge >= 0.3 is 5.76 Å². The number of hydrogen-bond donors (Lipinski definition) is 1. The second-order valence-electron chi connectivity index (χ2n) is 5.32. The Labute approximate surface area is 122 Å². The third-order valence-corrected chi connectivity index (χ3v) is 3.78. The number of hydrogen-bond acceptors (Lipinski definition) is 4. The molecule has 0 spiro atoms. The molecular weight excluding hydrogens is 270 g/mol. The lowest BCUT2D eigenvalue weighted by atomic mass is 10.2. The lowest BCUT2D eigenvalue weighted by Crippen LogP contribution is -2.45. The van der Waals surface area contributed by atoms with Crippen molar-refractivity contribution in [2.24, 2.45) is 0 Å². The average molecular weight is 289 g/mol. The molecule has 6 heteroatoms. The smallest absolute Gasteiger partial charge is 0.408 e. The van der Waals surface area contributed by atoms with E-state index >= 15 is 0 Å². The van der Waals surface area contributed by atoms with Crippen molar-refractivity contribution < 1.29 is 9.21 Å². The van der Waals surface area contributed by atoms with Crippen LogP contribution in [0.4, 0.5) is 0 Å². The minimum Gasteiger partial charge on any atom is -0.408 e. The molecule has 112 valence electrons. The first-order chi connectivity index (χ1) is 10.2. The molecule has 1 aromatic heterocycles. The predicted molar refractivity (Wildman–Crippen MR) is 78.7 cm³/mol. The van der Waals surface area contributed by atoms with E-state index in [9.17, 15) is 9.59 Å². The highest BCUT2D eigenvalue weighted by molar-refractivity contribution is 5.76. The normalized spacial score (nSPS) is 16.2. The summed E-state index contributed by atoms with van der Waals surface area (Å²) in [5.41, 5.74) is 4.18. The van der Waals surface area contributed by atoms with E-state index in [0.29, 0.717) is 12.1 Å². The maximum atomic E-state index is 12.0. The molecule has 3 rings (SSSR count). The lowest BCUT2D eigenvalue weighted by molar-refractivity contribution is -0.126. The highest BCUT2D eigenvalue weighted by Crippen LogP contribution is 2.12. The monoisotopic (exact) mass is 289 g/mol. The Kier molecular flexibility index (Phi) is 4.06. The summed E-state index contributed by atoms with van der Waals surface area (Å²) in [6.07, 6.45) is 3.72. The van der Waals surface area contributed by atoms with Gasteiger partial charge in [0.05, 0.1) is 5.52 Å². The fraction of sp³-hybridized carbons (Fsp3) is 0.467. The molecule has 2 heterocycles. The third kappa shape index (κ3) is 3.16. The zero-order valence-corrected chi connectivity index (χ0v) is 11.9. The van der Waals surface area contributed by atoms with E-state index in [-0.39, 0.29) is 12.3 Å². The molecule has 1 N–H and O–H groups in total. The Morgan fingerprint density at radius 3 is 2.76 bits per heavy atom. The molecule has 6 nitrogen and oxygen atoms in total. The van der Waals surface area contributed by atoms with E-state index in [4.69, 9.17) is 4.42 Å². The van der Waals surface area contributed by atoms with Gasteiger partial charge in [0.2, 0.25) is 5.91 Å². The topological polar surface area (TPSA) is 67.5 Å². The van der Waals surface area contributed by atoms with Crippen molar-refractivity contribution in [3.8, 4) is 0 Å². The molecule has 0 aliphatic carbocycles. The number of piperidine rings is 1. The standard InChI is InChI=1S/C15H19N3O3/c19-14(16-17-9-4-1-5-10-17)8-11-18-12-6-2-3-7-13(12)21-15(18)20/h2-3,6-7H,1,4-5,8-11H2,(H,16,19). The molecule has 1 aliphatic rings. The Bertz CT molecular complexity index is 683. The van der Waals surface area contributed by atoms with Crippen LogP contribution in [-0.2, 0) is 11.3 Å². The number of oxazole rings is 1. The Hall–Kier alpha value is -2.08. The number of aromatic nitrogens is 1. The van der Waals surface area contributed by atoms with Crippen molar-refractivity contribution in [3.63, 3.8) is 0 Å². The average Bonchev–Trinajstić information content (AvgIpc) is 2.81. The van der Waals surface area contributed by atoms with Gasteiger partial charge in [-0.25, -0.2) is 9.80 Å². The largest absolute Gasteiger partial charge is 0.419 e. The van der Waals surface area contributed by atoms with Crippen LogP contribution >= 0.6 is 0 Å². The van der Waals surface area contributed by atoms with Gasteiger partial charge in [-0.15, -0.1) is 0 Å². The second-order valence-corrected chi connectivity index (χ2v) is 5.32. The number of carbonyl (C=O) groups excluding carboxylic acids is 1. The predicted octanol–water partition coefficient (Wildman–Crippen LogP) is 1.50. The van der Waals surface area contributed by atoms with E-state index in [2.05, 4.69) is 5.43 Å². The molecule has 0 bridgehead atoms. The van der Waals surface area contributed by atoms with E-state index in [1.54, 1.807) is 6.07 Å². The van der Waals surface area contributed by atoms with Gasteiger partial charge in [0.25, 0.3) is 0 Å². The van der Waals surface area contributed by atoms with E-state index in [1.807, 2.05) is 23.2 Å². The van der Waals surface area contributed by atoms with Crippen molar-refractivity contribution >= 4 is 17.0 Å². The van der Waals surface area contributed by atoms with Crippen molar-refractivity contribution in [1.29, 1.82) is 0 Å². The molecule has 21 heavy (non-hydrogen) atoms. The highest BCUT2D eigenvalue weighted by Gasteiger charge is 2.14. The first-order valence-electron chi connectivity index (χ1n) is 7.37. The van der Waals surface area contributed by atoms with Crippen LogP contribution in [0.5, 0.6) is 0 Å². The molecule has 1 fully saturated rings. The number of aryl methyl sites for hydroxylation is 1. The quantitative estimate of drug-likeness (QED) is 0.926. The van der Waals surface area contributed by atoms with Crippen LogP contribution in [0.3, 0.4) is 0 Å². The number of carbonyl (C=O) groups is 1. The second kappa shape index (κ2) is 6.13. The highest BCUT2D eigenvalue weighted by atomic mass is 16.4. The molecule has 1 saturated heterocycles. The summed E-state index contributed by atoms with van der Waals surface area (Å²) < 4.78 is 6.65. The zero-order chi connectivity index (χ0) is 14.7. The van der Waals surface area contributed by atoms with Gasteiger partial charge in [-0.2, -0.15) is 0 Å². The van der Waals surface area contributed by atoms with Crippen molar-refractivity contribution in [2.45, 2.75) is 32.2 Å². The Balaban J connectivity index is 1.62. The molecule has 0 atom stereocenters. The van der Waals surface area contributed by atoms with Gasteiger partial charge in [0.15, 0.2) is 5.58 Å². The van der Waals surface area contributed by atoms with E-state index < -0.39 is 5.76 Å². The first-order valence-corrected chi connectivity index (χ1v) is 7.37. The summed E-state index contributed by atoms with van der Waals surface area (Å²) in [5.74, 6) is -0.476. The number of benzene rings is 1. The molecule has 0 unspecified atom stereocenters. The summed E-state index contributed by atoms with van der Waals surface area (Å²) >= 11 is 0. The van der Waals surface area contributed by atoms with Gasteiger partial charge in [-0.05, 0) is 25.0 Å². The maximum absolute atomic E-state index is 12.0.